The minimum Gasteiger partial charge on any atom is -0.497 e. The SMILES string of the molecule is COc1ccc(C=NOCc2nc3c4c(ncn3n2)OC2=C(C(=O)CC(C)(C)C2)C4c2ccc(OC)cc2)cc1. The highest BCUT2D eigenvalue weighted by Gasteiger charge is 2.44. The van der Waals surface area contributed by atoms with E-state index >= 15 is 0 Å². The summed E-state index contributed by atoms with van der Waals surface area (Å²) >= 11 is 0. The molecule has 3 heterocycles. The van der Waals surface area contributed by atoms with Gasteiger partial charge in [-0.2, -0.15) is 0 Å². The minimum atomic E-state index is -0.407. The van der Waals surface area contributed by atoms with Gasteiger partial charge in [-0.05, 0) is 52.9 Å². The van der Waals surface area contributed by atoms with Gasteiger partial charge < -0.3 is 19.0 Å². The normalized spacial score (nSPS) is 17.9. The van der Waals surface area contributed by atoms with Gasteiger partial charge in [0, 0.05) is 24.3 Å². The fourth-order valence-electron chi connectivity index (χ4n) is 5.26. The standard InChI is InChI=1S/C30H29N5O5/c1-30(2)13-22(36)26-23(14-30)40-29-27(25(26)19-7-11-21(38-4)12-8-19)28-33-24(34-35(28)17-31-29)16-39-32-15-18-5-9-20(37-3)10-6-18/h5-12,15,17,25H,13-14,16H2,1-4H3. The third kappa shape index (κ3) is 4.76. The van der Waals surface area contributed by atoms with Gasteiger partial charge in [-0.1, -0.05) is 31.1 Å². The zero-order valence-electron chi connectivity index (χ0n) is 22.7. The topological polar surface area (TPSA) is 109 Å². The summed E-state index contributed by atoms with van der Waals surface area (Å²) in [6.45, 7) is 4.21. The Kier molecular flexibility index (Phi) is 6.45. The molecule has 1 atom stereocenters. The molecule has 0 spiro atoms. The number of nitrogens with zero attached hydrogens (tertiary/aromatic N) is 5. The zero-order chi connectivity index (χ0) is 27.9. The van der Waals surface area contributed by atoms with Crippen LogP contribution in [0.15, 0.2) is 71.3 Å². The number of rotatable bonds is 7. The van der Waals surface area contributed by atoms with Gasteiger partial charge in [0.25, 0.3) is 0 Å². The van der Waals surface area contributed by atoms with Crippen molar-refractivity contribution in [3.05, 3.63) is 88.7 Å². The van der Waals surface area contributed by atoms with Gasteiger partial charge >= 0.3 is 0 Å². The molecule has 0 bridgehead atoms. The van der Waals surface area contributed by atoms with Crippen molar-refractivity contribution in [1.82, 2.24) is 19.6 Å². The highest BCUT2D eigenvalue weighted by Crippen LogP contribution is 2.50. The maximum absolute atomic E-state index is 13.6. The van der Waals surface area contributed by atoms with Crippen LogP contribution in [0.3, 0.4) is 0 Å². The Bertz CT molecular complexity index is 1640. The molecule has 0 fully saturated rings. The van der Waals surface area contributed by atoms with Crippen molar-refractivity contribution in [3.8, 4) is 17.4 Å². The van der Waals surface area contributed by atoms with Crippen LogP contribution in [0, 0.1) is 5.41 Å². The van der Waals surface area contributed by atoms with Crippen molar-refractivity contribution >= 4 is 17.6 Å². The van der Waals surface area contributed by atoms with E-state index in [2.05, 4.69) is 29.1 Å². The number of ether oxygens (including phenoxy) is 3. The Morgan fingerprint density at radius 2 is 1.75 bits per heavy atom. The molecule has 1 aliphatic heterocycles. The second-order valence-electron chi connectivity index (χ2n) is 10.6. The van der Waals surface area contributed by atoms with Crippen molar-refractivity contribution in [2.24, 2.45) is 10.6 Å². The van der Waals surface area contributed by atoms with E-state index in [1.165, 1.54) is 0 Å². The molecule has 204 valence electrons. The molecule has 0 saturated heterocycles. The van der Waals surface area contributed by atoms with Crippen LogP contribution in [0.5, 0.6) is 17.4 Å². The number of carbonyl (C=O) groups is 1. The minimum absolute atomic E-state index is 0.0538. The summed E-state index contributed by atoms with van der Waals surface area (Å²) in [7, 11) is 3.25. The van der Waals surface area contributed by atoms with Gasteiger partial charge in [-0.3, -0.25) is 4.79 Å². The number of allylic oxidation sites excluding steroid dienone is 2. The summed E-state index contributed by atoms with van der Waals surface area (Å²) in [6, 6.07) is 15.2. The number of carbonyl (C=O) groups excluding carboxylic acids is 1. The first-order valence-corrected chi connectivity index (χ1v) is 13.0. The molecule has 2 aliphatic rings. The monoisotopic (exact) mass is 539 g/mol. The van der Waals surface area contributed by atoms with Crippen molar-refractivity contribution in [2.45, 2.75) is 39.2 Å². The zero-order valence-corrected chi connectivity index (χ0v) is 22.7. The average molecular weight is 540 g/mol. The number of fused-ring (bicyclic) bond motifs is 3. The third-order valence-corrected chi connectivity index (χ3v) is 7.14. The van der Waals surface area contributed by atoms with Gasteiger partial charge in [0.2, 0.25) is 5.88 Å². The van der Waals surface area contributed by atoms with Gasteiger partial charge in [0.05, 0.1) is 26.0 Å². The van der Waals surface area contributed by atoms with Gasteiger partial charge in [-0.25, -0.2) is 14.5 Å². The third-order valence-electron chi connectivity index (χ3n) is 7.14. The number of aromatic nitrogens is 4. The molecule has 10 heteroatoms. The van der Waals surface area contributed by atoms with Crippen LogP contribution < -0.4 is 14.2 Å². The van der Waals surface area contributed by atoms with Crippen molar-refractivity contribution < 1.29 is 23.8 Å². The summed E-state index contributed by atoms with van der Waals surface area (Å²) in [5, 5.41) is 8.59. The second-order valence-corrected chi connectivity index (χ2v) is 10.6. The number of oxime groups is 1. The lowest BCUT2D eigenvalue weighted by Gasteiger charge is -2.37. The van der Waals surface area contributed by atoms with Gasteiger partial charge in [-0.15, -0.1) is 5.10 Å². The summed E-state index contributed by atoms with van der Waals surface area (Å²) in [5.41, 5.74) is 3.48. The van der Waals surface area contributed by atoms with Crippen molar-refractivity contribution in [1.29, 1.82) is 0 Å². The van der Waals surface area contributed by atoms with E-state index in [-0.39, 0.29) is 17.8 Å². The molecule has 0 amide bonds. The molecule has 40 heavy (non-hydrogen) atoms. The maximum atomic E-state index is 13.6. The van der Waals surface area contributed by atoms with Crippen LogP contribution >= 0.6 is 0 Å². The number of ketones is 1. The fraction of sp³-hybridized carbons (Fsp3) is 0.300. The molecule has 1 aliphatic carbocycles. The Labute approximate surface area is 231 Å². The Morgan fingerprint density at radius 3 is 2.45 bits per heavy atom. The second kappa shape index (κ2) is 10.1. The smallest absolute Gasteiger partial charge is 0.228 e. The predicted octanol–water partition coefficient (Wildman–Crippen LogP) is 4.86. The predicted molar refractivity (Wildman–Crippen MR) is 147 cm³/mol. The molecule has 10 nitrogen and oxygen atoms in total. The molecule has 6 rings (SSSR count). The maximum Gasteiger partial charge on any atom is 0.228 e. The Hall–Kier alpha value is -4.73. The number of benzene rings is 2. The molecule has 0 radical (unpaired) electrons. The van der Waals surface area contributed by atoms with Crippen LogP contribution in [-0.2, 0) is 16.2 Å². The van der Waals surface area contributed by atoms with E-state index in [1.54, 1.807) is 31.3 Å². The van der Waals surface area contributed by atoms with Crippen LogP contribution in [0.2, 0.25) is 0 Å². The molecule has 2 aromatic heterocycles. The van der Waals surface area contributed by atoms with Crippen LogP contribution in [0.1, 0.15) is 55.1 Å². The van der Waals surface area contributed by atoms with E-state index < -0.39 is 5.92 Å². The van der Waals surface area contributed by atoms with E-state index in [4.69, 9.17) is 24.0 Å². The average Bonchev–Trinajstić information content (AvgIpc) is 3.37. The largest absolute Gasteiger partial charge is 0.497 e. The number of hydrogen-bond acceptors (Lipinski definition) is 9. The Balaban J connectivity index is 1.35. The summed E-state index contributed by atoms with van der Waals surface area (Å²) in [6.07, 6.45) is 4.25. The molecule has 4 aromatic rings. The van der Waals surface area contributed by atoms with Crippen LogP contribution in [-0.4, -0.2) is 45.8 Å². The molecular formula is C30H29N5O5. The molecule has 0 N–H and O–H groups in total. The Morgan fingerprint density at radius 1 is 1.05 bits per heavy atom. The fourth-order valence-corrected chi connectivity index (χ4v) is 5.26. The van der Waals surface area contributed by atoms with Crippen molar-refractivity contribution in [2.75, 3.05) is 14.2 Å². The highest BCUT2D eigenvalue weighted by atomic mass is 16.6. The molecule has 1 unspecified atom stereocenters. The summed E-state index contributed by atoms with van der Waals surface area (Å²) < 4.78 is 18.4. The van der Waals surface area contributed by atoms with Gasteiger partial charge in [0.15, 0.2) is 23.9 Å². The van der Waals surface area contributed by atoms with Crippen molar-refractivity contribution in [3.63, 3.8) is 0 Å². The molecular weight excluding hydrogens is 510 g/mol. The van der Waals surface area contributed by atoms with E-state index in [0.717, 1.165) is 22.6 Å². The first kappa shape index (κ1) is 25.5. The van der Waals surface area contributed by atoms with E-state index in [1.807, 2.05) is 48.5 Å². The summed E-state index contributed by atoms with van der Waals surface area (Å²) in [5.74, 6) is 2.67. The lowest BCUT2D eigenvalue weighted by molar-refractivity contribution is -0.118. The van der Waals surface area contributed by atoms with Crippen LogP contribution in [0.25, 0.3) is 5.65 Å². The lowest BCUT2D eigenvalue weighted by Crippen LogP contribution is -2.33. The van der Waals surface area contributed by atoms with Crippen LogP contribution in [0.4, 0.5) is 0 Å². The lowest BCUT2D eigenvalue weighted by atomic mass is 9.70. The van der Waals surface area contributed by atoms with E-state index in [9.17, 15) is 4.79 Å². The summed E-state index contributed by atoms with van der Waals surface area (Å²) in [4.78, 5) is 28.4. The molecule has 2 aromatic carbocycles. The van der Waals surface area contributed by atoms with Gasteiger partial charge in [0.1, 0.15) is 23.6 Å². The number of methoxy groups -OCH3 is 2. The van der Waals surface area contributed by atoms with E-state index in [0.29, 0.717) is 47.1 Å². The molecule has 0 saturated carbocycles. The number of Topliss-reactive ketones (excluding diaryl/α,β-unsaturated/α-hetero) is 1. The highest BCUT2D eigenvalue weighted by molar-refractivity contribution is 6.00. The first-order chi connectivity index (χ1) is 19.3. The quantitative estimate of drug-likeness (QED) is 0.242. The first-order valence-electron chi connectivity index (χ1n) is 13.0. The number of hydrogen-bond donors (Lipinski definition) is 0.